The number of rotatable bonds is 8. The molecular weight excluding hydrogens is 352 g/mol. The van der Waals surface area contributed by atoms with E-state index in [1.54, 1.807) is 36.4 Å². The summed E-state index contributed by atoms with van der Waals surface area (Å²) in [5.41, 5.74) is 0.648. The highest BCUT2D eigenvalue weighted by Crippen LogP contribution is 2.27. The minimum absolute atomic E-state index is 0.0148. The number of nitrogens with one attached hydrogen (secondary N) is 2. The Kier molecular flexibility index (Phi) is 6.63. The normalized spacial score (nSPS) is 11.2. The van der Waals surface area contributed by atoms with Crippen molar-refractivity contribution in [2.45, 2.75) is 38.2 Å². The van der Waals surface area contributed by atoms with Crippen LogP contribution in [0.5, 0.6) is 5.75 Å². The zero-order chi connectivity index (χ0) is 19.2. The van der Waals surface area contributed by atoms with E-state index in [1.807, 2.05) is 20.8 Å². The van der Waals surface area contributed by atoms with Crippen molar-refractivity contribution in [2.75, 3.05) is 11.3 Å². The number of ether oxygens (including phenoxy) is 1. The van der Waals surface area contributed by atoms with Crippen molar-refractivity contribution in [2.24, 2.45) is 0 Å². The summed E-state index contributed by atoms with van der Waals surface area (Å²) in [6, 6.07) is 12.8. The first-order chi connectivity index (χ1) is 12.3. The highest BCUT2D eigenvalue weighted by Gasteiger charge is 2.18. The Balaban J connectivity index is 2.27. The van der Waals surface area contributed by atoms with Gasteiger partial charge < -0.3 is 10.1 Å². The molecule has 2 N–H and O–H groups in total. The number of amides is 1. The Morgan fingerprint density at radius 3 is 2.54 bits per heavy atom. The Morgan fingerprint density at radius 2 is 1.85 bits per heavy atom. The third kappa shape index (κ3) is 5.23. The van der Waals surface area contributed by atoms with E-state index in [4.69, 9.17) is 4.74 Å². The number of carbonyl (C=O) groups is 1. The Labute approximate surface area is 154 Å². The molecule has 2 aromatic carbocycles. The molecule has 0 saturated carbocycles. The SMILES string of the molecule is CCCNC(=O)c1cccc(S(=O)(=O)Nc2ccccc2OC(C)C)c1. The summed E-state index contributed by atoms with van der Waals surface area (Å²) >= 11 is 0. The minimum atomic E-state index is -3.86. The lowest BCUT2D eigenvalue weighted by Gasteiger charge is -2.16. The number of anilines is 1. The van der Waals surface area contributed by atoms with Gasteiger partial charge in [0.05, 0.1) is 16.7 Å². The van der Waals surface area contributed by atoms with Gasteiger partial charge in [-0.3, -0.25) is 9.52 Å². The lowest BCUT2D eigenvalue weighted by Crippen LogP contribution is -2.24. The fourth-order valence-corrected chi connectivity index (χ4v) is 3.37. The predicted octanol–water partition coefficient (Wildman–Crippen LogP) is 3.41. The molecule has 0 saturated heterocycles. The molecule has 0 aromatic heterocycles. The van der Waals surface area contributed by atoms with Gasteiger partial charge in [0, 0.05) is 12.1 Å². The molecule has 0 radical (unpaired) electrons. The van der Waals surface area contributed by atoms with Crippen molar-refractivity contribution in [3.8, 4) is 5.75 Å². The lowest BCUT2D eigenvalue weighted by molar-refractivity contribution is 0.0953. The van der Waals surface area contributed by atoms with E-state index in [-0.39, 0.29) is 16.9 Å². The summed E-state index contributed by atoms with van der Waals surface area (Å²) in [5, 5.41) is 2.73. The van der Waals surface area contributed by atoms with Crippen LogP contribution in [0.1, 0.15) is 37.6 Å². The van der Waals surface area contributed by atoms with Crippen LogP contribution in [-0.4, -0.2) is 27.0 Å². The fourth-order valence-electron chi connectivity index (χ4n) is 2.26. The number of hydrogen-bond acceptors (Lipinski definition) is 4. The Bertz CT molecular complexity index is 863. The standard InChI is InChI=1S/C19H24N2O4S/c1-4-12-20-19(22)15-8-7-9-16(13-15)26(23,24)21-17-10-5-6-11-18(17)25-14(2)3/h5-11,13-14,21H,4,12H2,1-3H3,(H,20,22). The van der Waals surface area contributed by atoms with E-state index in [0.29, 0.717) is 23.5 Å². The van der Waals surface area contributed by atoms with Crippen molar-refractivity contribution < 1.29 is 17.9 Å². The minimum Gasteiger partial charge on any atom is -0.489 e. The van der Waals surface area contributed by atoms with Gasteiger partial charge in [-0.05, 0) is 50.6 Å². The van der Waals surface area contributed by atoms with E-state index < -0.39 is 10.0 Å². The molecule has 0 unspecified atom stereocenters. The van der Waals surface area contributed by atoms with E-state index in [1.165, 1.54) is 12.1 Å². The van der Waals surface area contributed by atoms with E-state index >= 15 is 0 Å². The summed E-state index contributed by atoms with van der Waals surface area (Å²) in [6.45, 7) is 6.21. The largest absolute Gasteiger partial charge is 0.489 e. The van der Waals surface area contributed by atoms with Crippen molar-refractivity contribution in [3.05, 3.63) is 54.1 Å². The molecule has 7 heteroatoms. The zero-order valence-corrected chi connectivity index (χ0v) is 16.0. The molecule has 0 bridgehead atoms. The van der Waals surface area contributed by atoms with Crippen LogP contribution < -0.4 is 14.8 Å². The molecule has 0 heterocycles. The number of para-hydroxylation sites is 2. The Hall–Kier alpha value is -2.54. The molecule has 1 amide bonds. The summed E-state index contributed by atoms with van der Waals surface area (Å²) < 4.78 is 33.6. The number of sulfonamides is 1. The maximum Gasteiger partial charge on any atom is 0.262 e. The van der Waals surface area contributed by atoms with Crippen molar-refractivity contribution >= 4 is 21.6 Å². The quantitative estimate of drug-likeness (QED) is 0.739. The third-order valence-corrected chi connectivity index (χ3v) is 4.80. The topological polar surface area (TPSA) is 84.5 Å². The van der Waals surface area contributed by atoms with Gasteiger partial charge in [0.2, 0.25) is 0 Å². The van der Waals surface area contributed by atoms with Crippen LogP contribution in [-0.2, 0) is 10.0 Å². The maximum atomic E-state index is 12.7. The maximum absolute atomic E-state index is 12.7. The molecule has 6 nitrogen and oxygen atoms in total. The van der Waals surface area contributed by atoms with E-state index in [9.17, 15) is 13.2 Å². The van der Waals surface area contributed by atoms with Crippen LogP contribution in [0.3, 0.4) is 0 Å². The molecule has 0 aliphatic heterocycles. The first kappa shape index (κ1) is 19.8. The van der Waals surface area contributed by atoms with Gasteiger partial charge >= 0.3 is 0 Å². The van der Waals surface area contributed by atoms with Gasteiger partial charge in [0.25, 0.3) is 15.9 Å². The average Bonchev–Trinajstić information content (AvgIpc) is 2.61. The van der Waals surface area contributed by atoms with E-state index in [0.717, 1.165) is 6.42 Å². The molecule has 2 aromatic rings. The van der Waals surface area contributed by atoms with Crippen LogP contribution in [0.25, 0.3) is 0 Å². The van der Waals surface area contributed by atoms with Crippen LogP contribution in [0.15, 0.2) is 53.4 Å². The second-order valence-corrected chi connectivity index (χ2v) is 7.73. The number of carbonyl (C=O) groups excluding carboxylic acids is 1. The molecule has 0 aliphatic carbocycles. The lowest BCUT2D eigenvalue weighted by atomic mass is 10.2. The monoisotopic (exact) mass is 376 g/mol. The first-order valence-corrected chi connectivity index (χ1v) is 9.98. The third-order valence-electron chi connectivity index (χ3n) is 3.44. The van der Waals surface area contributed by atoms with Crippen molar-refractivity contribution in [3.63, 3.8) is 0 Å². The molecule has 0 atom stereocenters. The van der Waals surface area contributed by atoms with Gasteiger partial charge in [-0.2, -0.15) is 0 Å². The highest BCUT2D eigenvalue weighted by atomic mass is 32.2. The number of hydrogen-bond donors (Lipinski definition) is 2. The summed E-state index contributed by atoms with van der Waals surface area (Å²) in [4.78, 5) is 12.1. The molecule has 0 aliphatic rings. The average molecular weight is 376 g/mol. The second kappa shape index (κ2) is 8.71. The molecule has 0 fully saturated rings. The zero-order valence-electron chi connectivity index (χ0n) is 15.2. The summed E-state index contributed by atoms with van der Waals surface area (Å²) in [5.74, 6) is 0.148. The number of benzene rings is 2. The van der Waals surface area contributed by atoms with Crippen LogP contribution in [0, 0.1) is 0 Å². The highest BCUT2D eigenvalue weighted by molar-refractivity contribution is 7.92. The van der Waals surface area contributed by atoms with Gasteiger partial charge in [-0.25, -0.2) is 8.42 Å². The Morgan fingerprint density at radius 1 is 1.12 bits per heavy atom. The van der Waals surface area contributed by atoms with Crippen LogP contribution in [0.4, 0.5) is 5.69 Å². The van der Waals surface area contributed by atoms with Crippen LogP contribution in [0.2, 0.25) is 0 Å². The van der Waals surface area contributed by atoms with Crippen molar-refractivity contribution in [1.29, 1.82) is 0 Å². The van der Waals surface area contributed by atoms with Gasteiger partial charge in [-0.1, -0.05) is 25.1 Å². The summed E-state index contributed by atoms with van der Waals surface area (Å²) in [6.07, 6.45) is 0.712. The predicted molar refractivity (Wildman–Crippen MR) is 102 cm³/mol. The van der Waals surface area contributed by atoms with E-state index in [2.05, 4.69) is 10.0 Å². The molecule has 2 rings (SSSR count). The molecular formula is C19H24N2O4S. The van der Waals surface area contributed by atoms with Gasteiger partial charge in [0.15, 0.2) is 0 Å². The van der Waals surface area contributed by atoms with Gasteiger partial charge in [-0.15, -0.1) is 0 Å². The fraction of sp³-hybridized carbons (Fsp3) is 0.316. The second-order valence-electron chi connectivity index (χ2n) is 6.05. The first-order valence-electron chi connectivity index (χ1n) is 8.50. The summed E-state index contributed by atoms with van der Waals surface area (Å²) in [7, 11) is -3.86. The molecule has 0 spiro atoms. The molecule has 140 valence electrons. The smallest absolute Gasteiger partial charge is 0.262 e. The van der Waals surface area contributed by atoms with Crippen molar-refractivity contribution in [1.82, 2.24) is 5.32 Å². The van der Waals surface area contributed by atoms with Crippen LogP contribution >= 0.6 is 0 Å². The van der Waals surface area contributed by atoms with Gasteiger partial charge in [0.1, 0.15) is 5.75 Å². The molecule has 26 heavy (non-hydrogen) atoms.